The molecule has 1 atom stereocenters. The van der Waals surface area contributed by atoms with Crippen LogP contribution < -0.4 is 5.73 Å². The van der Waals surface area contributed by atoms with Crippen LogP contribution in [-0.4, -0.2) is 18.0 Å². The van der Waals surface area contributed by atoms with E-state index in [0.717, 1.165) is 6.07 Å². The Kier molecular flexibility index (Phi) is 2.82. The summed E-state index contributed by atoms with van der Waals surface area (Å²) < 4.78 is 9.05. The molecule has 1 heterocycles. The van der Waals surface area contributed by atoms with Crippen LogP contribution in [0.1, 0.15) is 11.8 Å². The Morgan fingerprint density at radius 1 is 1.71 bits per heavy atom. The summed E-state index contributed by atoms with van der Waals surface area (Å²) >= 11 is 0. The van der Waals surface area contributed by atoms with Gasteiger partial charge in [-0.05, 0) is 6.07 Å². The molecule has 0 unspecified atom stereocenters. The van der Waals surface area contributed by atoms with Crippen molar-refractivity contribution in [3.63, 3.8) is 0 Å². The summed E-state index contributed by atoms with van der Waals surface area (Å²) in [7, 11) is 1.17. The van der Waals surface area contributed by atoms with Crippen LogP contribution in [0.25, 0.3) is 0 Å². The Bertz CT molecular complexity index is 359. The van der Waals surface area contributed by atoms with Crippen LogP contribution in [0.15, 0.2) is 16.5 Å². The number of methoxy groups -OCH3 is 1. The minimum atomic E-state index is -1.13. The lowest BCUT2D eigenvalue weighted by Crippen LogP contribution is -2.21. The van der Waals surface area contributed by atoms with E-state index in [1.165, 1.54) is 13.2 Å². The van der Waals surface area contributed by atoms with Crippen LogP contribution in [0.4, 0.5) is 5.88 Å². The average Bonchev–Trinajstić information content (AvgIpc) is 2.64. The fourth-order valence-corrected chi connectivity index (χ4v) is 0.851. The fraction of sp³-hybridized carbons (Fsp3) is 0.286. The van der Waals surface area contributed by atoms with Gasteiger partial charge in [-0.2, -0.15) is 0 Å². The number of carbonyl (C=O) groups is 1. The number of hydrogen-bond acceptors (Lipinski definition) is 6. The van der Waals surface area contributed by atoms with Crippen molar-refractivity contribution in [3.05, 3.63) is 28.0 Å². The van der Waals surface area contributed by atoms with E-state index in [4.69, 9.17) is 10.2 Å². The SMILES string of the molecule is COC(=O)[C@H](N)c1ccc([N+](=O)[O-])o1. The highest BCUT2D eigenvalue weighted by Gasteiger charge is 2.22. The van der Waals surface area contributed by atoms with Crippen molar-refractivity contribution in [1.82, 2.24) is 0 Å². The summed E-state index contributed by atoms with van der Waals surface area (Å²) in [6.45, 7) is 0. The largest absolute Gasteiger partial charge is 0.468 e. The van der Waals surface area contributed by atoms with Crippen molar-refractivity contribution < 1.29 is 18.9 Å². The van der Waals surface area contributed by atoms with Gasteiger partial charge in [0, 0.05) is 0 Å². The maximum Gasteiger partial charge on any atom is 0.433 e. The van der Waals surface area contributed by atoms with Crippen LogP contribution in [-0.2, 0) is 9.53 Å². The number of rotatable bonds is 3. The number of carbonyl (C=O) groups excluding carboxylic acids is 1. The Labute approximate surface area is 78.6 Å². The second-order valence-corrected chi connectivity index (χ2v) is 2.43. The first-order valence-corrected chi connectivity index (χ1v) is 3.63. The van der Waals surface area contributed by atoms with Gasteiger partial charge in [-0.15, -0.1) is 0 Å². The monoisotopic (exact) mass is 200 g/mol. The quantitative estimate of drug-likeness (QED) is 0.428. The van der Waals surface area contributed by atoms with Crippen LogP contribution in [0.2, 0.25) is 0 Å². The van der Waals surface area contributed by atoms with Crippen LogP contribution >= 0.6 is 0 Å². The van der Waals surface area contributed by atoms with Crippen LogP contribution in [0.5, 0.6) is 0 Å². The maximum atomic E-state index is 10.9. The molecule has 0 aliphatic rings. The maximum absolute atomic E-state index is 10.9. The summed E-state index contributed by atoms with van der Waals surface area (Å²) in [6.07, 6.45) is 0. The summed E-state index contributed by atoms with van der Waals surface area (Å²) in [5, 5.41) is 10.2. The van der Waals surface area contributed by atoms with E-state index < -0.39 is 22.8 Å². The highest BCUT2D eigenvalue weighted by Crippen LogP contribution is 2.20. The molecule has 1 aromatic heterocycles. The highest BCUT2D eigenvalue weighted by atomic mass is 16.6. The molecule has 0 spiro atoms. The lowest BCUT2D eigenvalue weighted by molar-refractivity contribution is -0.402. The van der Waals surface area contributed by atoms with Gasteiger partial charge in [0.2, 0.25) is 0 Å². The van der Waals surface area contributed by atoms with Crippen molar-refractivity contribution in [2.24, 2.45) is 5.73 Å². The van der Waals surface area contributed by atoms with E-state index in [1.54, 1.807) is 0 Å². The lowest BCUT2D eigenvalue weighted by Gasteiger charge is -2.03. The molecule has 0 aliphatic heterocycles. The van der Waals surface area contributed by atoms with Crippen molar-refractivity contribution >= 4 is 11.9 Å². The zero-order valence-electron chi connectivity index (χ0n) is 7.30. The molecule has 1 aromatic rings. The molecule has 0 amide bonds. The first-order valence-electron chi connectivity index (χ1n) is 3.63. The molecule has 0 fully saturated rings. The molecule has 0 bridgehead atoms. The number of ether oxygens (including phenoxy) is 1. The zero-order chi connectivity index (χ0) is 10.7. The van der Waals surface area contributed by atoms with Crippen molar-refractivity contribution in [2.45, 2.75) is 6.04 Å². The highest BCUT2D eigenvalue weighted by molar-refractivity contribution is 5.76. The molecule has 7 nitrogen and oxygen atoms in total. The van der Waals surface area contributed by atoms with E-state index in [0.29, 0.717) is 0 Å². The van der Waals surface area contributed by atoms with Gasteiger partial charge >= 0.3 is 11.9 Å². The number of nitro groups is 1. The first kappa shape index (κ1) is 10.2. The van der Waals surface area contributed by atoms with Gasteiger partial charge in [-0.25, -0.2) is 4.79 Å². The predicted octanol–water partition coefficient (Wildman–Crippen LogP) is 0.361. The number of esters is 1. The Morgan fingerprint density at radius 2 is 2.36 bits per heavy atom. The van der Waals surface area contributed by atoms with E-state index in [9.17, 15) is 14.9 Å². The summed E-state index contributed by atoms with van der Waals surface area (Å²) in [6, 6.07) is 1.26. The zero-order valence-corrected chi connectivity index (χ0v) is 7.30. The number of furan rings is 1. The van der Waals surface area contributed by atoms with Gasteiger partial charge in [0.1, 0.15) is 10.7 Å². The molecule has 7 heteroatoms. The van der Waals surface area contributed by atoms with Gasteiger partial charge in [0.25, 0.3) is 0 Å². The molecule has 1 rings (SSSR count). The second-order valence-electron chi connectivity index (χ2n) is 2.43. The fourth-order valence-electron chi connectivity index (χ4n) is 0.851. The second kappa shape index (κ2) is 3.88. The molecule has 14 heavy (non-hydrogen) atoms. The Morgan fingerprint density at radius 3 is 2.79 bits per heavy atom. The molecular weight excluding hydrogens is 192 g/mol. The normalized spacial score (nSPS) is 12.1. The third-order valence-corrected chi connectivity index (χ3v) is 1.55. The minimum absolute atomic E-state index is 0.00329. The van der Waals surface area contributed by atoms with Crippen LogP contribution in [0.3, 0.4) is 0 Å². The van der Waals surface area contributed by atoms with E-state index in [-0.39, 0.29) is 5.76 Å². The van der Waals surface area contributed by atoms with E-state index in [1.807, 2.05) is 0 Å². The Hall–Kier alpha value is -1.89. The van der Waals surface area contributed by atoms with E-state index >= 15 is 0 Å². The average molecular weight is 200 g/mol. The third kappa shape index (κ3) is 1.88. The lowest BCUT2D eigenvalue weighted by atomic mass is 10.2. The molecule has 2 N–H and O–H groups in total. The molecule has 0 radical (unpaired) electrons. The summed E-state index contributed by atoms with van der Waals surface area (Å²) in [4.78, 5) is 20.4. The summed E-state index contributed by atoms with van der Waals surface area (Å²) in [5.74, 6) is -1.17. The Balaban J connectivity index is 2.86. The van der Waals surface area contributed by atoms with Crippen molar-refractivity contribution in [2.75, 3.05) is 7.11 Å². The smallest absolute Gasteiger partial charge is 0.433 e. The van der Waals surface area contributed by atoms with Gasteiger partial charge < -0.3 is 14.9 Å². The van der Waals surface area contributed by atoms with Gasteiger partial charge in [-0.1, -0.05) is 0 Å². The summed E-state index contributed by atoms with van der Waals surface area (Å²) in [5.41, 5.74) is 5.37. The topological polar surface area (TPSA) is 109 Å². The number of nitrogens with two attached hydrogens (primary N) is 1. The van der Waals surface area contributed by atoms with Crippen molar-refractivity contribution in [1.29, 1.82) is 0 Å². The number of nitrogens with zero attached hydrogens (tertiary/aromatic N) is 1. The van der Waals surface area contributed by atoms with Crippen LogP contribution in [0, 0.1) is 10.1 Å². The number of hydrogen-bond donors (Lipinski definition) is 1. The van der Waals surface area contributed by atoms with Gasteiger partial charge in [0.15, 0.2) is 6.04 Å². The molecule has 0 saturated heterocycles. The molecular formula is C7H8N2O5. The predicted molar refractivity (Wildman–Crippen MR) is 44.3 cm³/mol. The van der Waals surface area contributed by atoms with Gasteiger partial charge in [0.05, 0.1) is 13.2 Å². The molecule has 0 aliphatic carbocycles. The van der Waals surface area contributed by atoms with Gasteiger partial charge in [-0.3, -0.25) is 10.1 Å². The molecule has 0 aromatic carbocycles. The molecule has 76 valence electrons. The molecule has 0 saturated carbocycles. The van der Waals surface area contributed by atoms with Crippen molar-refractivity contribution in [3.8, 4) is 0 Å². The van der Waals surface area contributed by atoms with E-state index in [2.05, 4.69) is 4.74 Å². The minimum Gasteiger partial charge on any atom is -0.468 e. The standard InChI is InChI=1S/C7H8N2O5/c1-13-7(10)6(8)4-2-3-5(14-4)9(11)12/h2-3,6H,8H2,1H3/t6-/m1/s1. The first-order chi connectivity index (χ1) is 6.56. The third-order valence-electron chi connectivity index (χ3n) is 1.55.